The van der Waals surface area contributed by atoms with Gasteiger partial charge in [0.2, 0.25) is 0 Å². The molecule has 0 atom stereocenters. The number of H-pyrrole nitrogens is 1. The molecule has 138 valence electrons. The van der Waals surface area contributed by atoms with Crippen molar-refractivity contribution < 1.29 is 9.53 Å². The first-order chi connectivity index (χ1) is 13.0. The highest BCUT2D eigenvalue weighted by molar-refractivity contribution is 5.95. The molecule has 1 N–H and O–H groups in total. The third-order valence-electron chi connectivity index (χ3n) is 4.98. The number of likely N-dealkylation sites (tertiary alicyclic amines) is 1. The lowest BCUT2D eigenvalue weighted by Gasteiger charge is -2.39. The van der Waals surface area contributed by atoms with Crippen molar-refractivity contribution >= 4 is 5.91 Å². The Kier molecular flexibility index (Phi) is 4.44. The minimum atomic E-state index is 0.0475. The van der Waals surface area contributed by atoms with Crippen molar-refractivity contribution in [1.82, 2.24) is 15.1 Å². The van der Waals surface area contributed by atoms with E-state index in [0.29, 0.717) is 18.7 Å². The zero-order chi connectivity index (χ0) is 19.0. The van der Waals surface area contributed by atoms with Crippen molar-refractivity contribution in [3.05, 3.63) is 71.0 Å². The van der Waals surface area contributed by atoms with Crippen LogP contribution in [0, 0.1) is 20.8 Å². The van der Waals surface area contributed by atoms with Crippen LogP contribution in [-0.4, -0.2) is 40.2 Å². The highest BCUT2D eigenvalue weighted by Gasteiger charge is 2.32. The number of aryl methyl sites for hydroxylation is 3. The molecule has 2 aromatic carbocycles. The van der Waals surface area contributed by atoms with Crippen molar-refractivity contribution in [2.24, 2.45) is 0 Å². The first-order valence-corrected chi connectivity index (χ1v) is 9.16. The summed E-state index contributed by atoms with van der Waals surface area (Å²) in [6, 6.07) is 15.7. The number of benzene rings is 2. The fraction of sp³-hybridized carbons (Fsp3) is 0.273. The van der Waals surface area contributed by atoms with Crippen molar-refractivity contribution in [1.29, 1.82) is 0 Å². The van der Waals surface area contributed by atoms with Gasteiger partial charge >= 0.3 is 0 Å². The third kappa shape index (κ3) is 3.45. The predicted molar refractivity (Wildman–Crippen MR) is 105 cm³/mol. The van der Waals surface area contributed by atoms with Gasteiger partial charge in [0.05, 0.1) is 18.8 Å². The van der Waals surface area contributed by atoms with E-state index in [9.17, 15) is 4.79 Å². The third-order valence-corrected chi connectivity index (χ3v) is 4.98. The van der Waals surface area contributed by atoms with Crippen LogP contribution in [0.2, 0.25) is 0 Å². The lowest BCUT2D eigenvalue weighted by molar-refractivity contribution is 0.0178. The maximum atomic E-state index is 12.7. The van der Waals surface area contributed by atoms with E-state index in [4.69, 9.17) is 4.74 Å². The quantitative estimate of drug-likeness (QED) is 0.767. The van der Waals surface area contributed by atoms with Crippen LogP contribution in [0.3, 0.4) is 0 Å². The van der Waals surface area contributed by atoms with Crippen LogP contribution in [0.1, 0.15) is 27.3 Å². The molecule has 0 saturated carbocycles. The zero-order valence-corrected chi connectivity index (χ0v) is 15.8. The summed E-state index contributed by atoms with van der Waals surface area (Å²) in [6.45, 7) is 7.26. The van der Waals surface area contributed by atoms with E-state index >= 15 is 0 Å². The number of aromatic nitrogens is 2. The van der Waals surface area contributed by atoms with Crippen molar-refractivity contribution in [2.45, 2.75) is 26.9 Å². The topological polar surface area (TPSA) is 58.2 Å². The summed E-state index contributed by atoms with van der Waals surface area (Å²) in [5, 5.41) is 7.23. The molecule has 0 radical (unpaired) electrons. The average molecular weight is 361 g/mol. The lowest BCUT2D eigenvalue weighted by atomic mass is 10.0. The summed E-state index contributed by atoms with van der Waals surface area (Å²) in [4.78, 5) is 14.5. The van der Waals surface area contributed by atoms with Crippen LogP contribution in [0.15, 0.2) is 48.5 Å². The highest BCUT2D eigenvalue weighted by Crippen LogP contribution is 2.26. The normalized spacial score (nSPS) is 14.1. The van der Waals surface area contributed by atoms with Crippen LogP contribution in [0.5, 0.6) is 5.75 Å². The largest absolute Gasteiger partial charge is 0.487 e. The molecular formula is C22H23N3O2. The van der Waals surface area contributed by atoms with Gasteiger partial charge in [-0.3, -0.25) is 9.89 Å². The molecule has 0 spiro atoms. The summed E-state index contributed by atoms with van der Waals surface area (Å²) >= 11 is 0. The average Bonchev–Trinajstić information content (AvgIpc) is 2.96. The van der Waals surface area contributed by atoms with Crippen molar-refractivity contribution in [3.8, 4) is 16.9 Å². The van der Waals surface area contributed by atoms with E-state index in [1.807, 2.05) is 74.2 Å². The van der Waals surface area contributed by atoms with Gasteiger partial charge in [-0.1, -0.05) is 24.3 Å². The second-order valence-corrected chi connectivity index (χ2v) is 7.15. The summed E-state index contributed by atoms with van der Waals surface area (Å²) in [6.07, 6.45) is 0.0613. The Morgan fingerprint density at radius 2 is 1.85 bits per heavy atom. The first-order valence-electron chi connectivity index (χ1n) is 9.16. The van der Waals surface area contributed by atoms with Crippen LogP contribution in [0.4, 0.5) is 0 Å². The number of ether oxygens (including phenoxy) is 1. The number of nitrogens with zero attached hydrogens (tertiary/aromatic N) is 2. The van der Waals surface area contributed by atoms with Crippen LogP contribution in [0.25, 0.3) is 11.1 Å². The van der Waals surface area contributed by atoms with Gasteiger partial charge in [-0.25, -0.2) is 0 Å². The van der Waals surface area contributed by atoms with E-state index in [2.05, 4.69) is 10.2 Å². The summed E-state index contributed by atoms with van der Waals surface area (Å²) in [5.41, 5.74) is 6.04. The van der Waals surface area contributed by atoms with Crippen LogP contribution < -0.4 is 4.74 Å². The molecule has 3 aromatic rings. The Hall–Kier alpha value is -3.08. The van der Waals surface area contributed by atoms with Crippen LogP contribution in [-0.2, 0) is 0 Å². The van der Waals surface area contributed by atoms with Gasteiger partial charge in [-0.05, 0) is 56.2 Å². The SMILES string of the molecule is Cc1cccc(OC2CN(C(=O)c3ccc(-c4c(C)n[nH]c4C)cc3)C2)c1. The smallest absolute Gasteiger partial charge is 0.254 e. The monoisotopic (exact) mass is 361 g/mol. The van der Waals surface area contributed by atoms with E-state index in [1.165, 1.54) is 5.56 Å². The van der Waals surface area contributed by atoms with Gasteiger partial charge in [-0.15, -0.1) is 0 Å². The van der Waals surface area contributed by atoms with Gasteiger partial charge < -0.3 is 9.64 Å². The molecule has 4 rings (SSSR count). The molecular weight excluding hydrogens is 338 g/mol. The minimum absolute atomic E-state index is 0.0475. The Morgan fingerprint density at radius 1 is 1.11 bits per heavy atom. The number of aromatic amines is 1. The molecule has 0 unspecified atom stereocenters. The van der Waals surface area contributed by atoms with E-state index in [0.717, 1.165) is 28.3 Å². The fourth-order valence-electron chi connectivity index (χ4n) is 3.50. The second-order valence-electron chi connectivity index (χ2n) is 7.15. The maximum Gasteiger partial charge on any atom is 0.254 e. The van der Waals surface area contributed by atoms with Crippen molar-refractivity contribution in [3.63, 3.8) is 0 Å². The number of hydrogen-bond donors (Lipinski definition) is 1. The molecule has 1 aliphatic heterocycles. The standard InChI is InChI=1S/C22H23N3O2/c1-14-5-4-6-19(11-14)27-20-12-25(13-20)22(26)18-9-7-17(8-10-18)21-15(2)23-24-16(21)3/h4-11,20H,12-13H2,1-3H3,(H,23,24). The summed E-state index contributed by atoms with van der Waals surface area (Å²) < 4.78 is 5.94. The molecule has 1 amide bonds. The molecule has 27 heavy (non-hydrogen) atoms. The molecule has 1 aromatic heterocycles. The molecule has 1 fully saturated rings. The van der Waals surface area contributed by atoms with Gasteiger partial charge in [0.25, 0.3) is 5.91 Å². The molecule has 5 heteroatoms. The van der Waals surface area contributed by atoms with Crippen molar-refractivity contribution in [2.75, 3.05) is 13.1 Å². The minimum Gasteiger partial charge on any atom is -0.487 e. The number of carbonyl (C=O) groups excluding carboxylic acids is 1. The van der Waals surface area contributed by atoms with Gasteiger partial charge in [-0.2, -0.15) is 5.10 Å². The molecule has 5 nitrogen and oxygen atoms in total. The van der Waals surface area contributed by atoms with Gasteiger partial charge in [0.1, 0.15) is 11.9 Å². The Labute approximate surface area is 159 Å². The van der Waals surface area contributed by atoms with Gasteiger partial charge in [0.15, 0.2) is 0 Å². The van der Waals surface area contributed by atoms with E-state index in [1.54, 1.807) is 0 Å². The Morgan fingerprint density at radius 3 is 2.48 bits per heavy atom. The first kappa shape index (κ1) is 17.3. The highest BCUT2D eigenvalue weighted by atomic mass is 16.5. The Balaban J connectivity index is 1.38. The molecule has 2 heterocycles. The summed E-state index contributed by atoms with van der Waals surface area (Å²) in [5.74, 6) is 0.911. The lowest BCUT2D eigenvalue weighted by Crippen LogP contribution is -2.56. The summed E-state index contributed by atoms with van der Waals surface area (Å²) in [7, 11) is 0. The number of hydrogen-bond acceptors (Lipinski definition) is 3. The van der Waals surface area contributed by atoms with E-state index < -0.39 is 0 Å². The number of amides is 1. The maximum absolute atomic E-state index is 12.7. The fourth-order valence-corrected chi connectivity index (χ4v) is 3.50. The molecule has 0 aliphatic carbocycles. The van der Waals surface area contributed by atoms with E-state index in [-0.39, 0.29) is 12.0 Å². The molecule has 1 aliphatic rings. The second kappa shape index (κ2) is 6.91. The molecule has 0 bridgehead atoms. The zero-order valence-electron chi connectivity index (χ0n) is 15.8. The molecule has 1 saturated heterocycles. The Bertz CT molecular complexity index is 950. The number of rotatable bonds is 4. The van der Waals surface area contributed by atoms with Gasteiger partial charge in [0, 0.05) is 16.8 Å². The number of nitrogens with one attached hydrogen (secondary N) is 1. The predicted octanol–water partition coefficient (Wildman–Crippen LogP) is 3.91. The van der Waals surface area contributed by atoms with Crippen LogP contribution >= 0.6 is 0 Å². The number of carbonyl (C=O) groups is 1.